The van der Waals surface area contributed by atoms with Crippen LogP contribution in [0.3, 0.4) is 0 Å². The van der Waals surface area contributed by atoms with Crippen LogP contribution >= 0.6 is 0 Å². The van der Waals surface area contributed by atoms with Crippen LogP contribution in [0.2, 0.25) is 0 Å². The van der Waals surface area contributed by atoms with E-state index in [1.54, 1.807) is 18.3 Å². The van der Waals surface area contributed by atoms with Gasteiger partial charge >= 0.3 is 0 Å². The quantitative estimate of drug-likeness (QED) is 0.522. The molecule has 3 aromatic rings. The Hall–Kier alpha value is -2.62. The molecule has 0 amide bonds. The van der Waals surface area contributed by atoms with Crippen LogP contribution in [-0.4, -0.2) is 47.5 Å². The van der Waals surface area contributed by atoms with Crippen molar-refractivity contribution in [1.82, 2.24) is 19.4 Å². The monoisotopic (exact) mass is 414 g/mol. The van der Waals surface area contributed by atoms with Crippen molar-refractivity contribution >= 4 is 10.0 Å². The lowest BCUT2D eigenvalue weighted by atomic mass is 10.1. The minimum absolute atomic E-state index is 0.104. The highest BCUT2D eigenvalue weighted by Crippen LogP contribution is 2.30. The van der Waals surface area contributed by atoms with E-state index in [0.29, 0.717) is 50.9 Å². The Balaban J connectivity index is 1.30. The number of benzene rings is 1. The zero-order valence-corrected chi connectivity index (χ0v) is 16.7. The van der Waals surface area contributed by atoms with E-state index in [9.17, 15) is 8.42 Å². The molecule has 1 atom stereocenters. The predicted molar refractivity (Wildman–Crippen MR) is 104 cm³/mol. The van der Waals surface area contributed by atoms with Crippen LogP contribution in [-0.2, 0) is 27.8 Å². The summed E-state index contributed by atoms with van der Waals surface area (Å²) >= 11 is 0. The third kappa shape index (κ3) is 4.69. The number of ether oxygens (including phenoxy) is 1. The normalized spacial score (nSPS) is 17.6. The van der Waals surface area contributed by atoms with Crippen molar-refractivity contribution < 1.29 is 17.7 Å². The Bertz CT molecular complexity index is 1020. The second-order valence-electron chi connectivity index (χ2n) is 6.87. The van der Waals surface area contributed by atoms with Gasteiger partial charge < -0.3 is 9.26 Å². The van der Waals surface area contributed by atoms with Crippen molar-refractivity contribution in [2.24, 2.45) is 0 Å². The first-order valence-electron chi connectivity index (χ1n) is 9.47. The van der Waals surface area contributed by atoms with Crippen LogP contribution in [0.15, 0.2) is 64.3 Å². The Morgan fingerprint density at radius 3 is 2.83 bits per heavy atom. The van der Waals surface area contributed by atoms with E-state index in [2.05, 4.69) is 15.1 Å². The summed E-state index contributed by atoms with van der Waals surface area (Å²) in [6, 6.07) is 13.1. The summed E-state index contributed by atoms with van der Waals surface area (Å²) < 4.78 is 37.9. The third-order valence-electron chi connectivity index (χ3n) is 4.84. The largest absolute Gasteiger partial charge is 0.376 e. The Kier molecular flexibility index (Phi) is 5.98. The van der Waals surface area contributed by atoms with Gasteiger partial charge in [0.1, 0.15) is 4.90 Å². The molecule has 1 unspecified atom stereocenters. The van der Waals surface area contributed by atoms with Crippen molar-refractivity contribution in [3.8, 4) is 0 Å². The van der Waals surface area contributed by atoms with E-state index in [-0.39, 0.29) is 10.8 Å². The fourth-order valence-corrected chi connectivity index (χ4v) is 4.72. The lowest BCUT2D eigenvalue weighted by molar-refractivity contribution is 0.122. The molecule has 0 saturated carbocycles. The number of sulfonamides is 1. The molecule has 0 radical (unpaired) electrons. The maximum Gasteiger partial charge on any atom is 0.244 e. The number of pyridine rings is 1. The van der Waals surface area contributed by atoms with Gasteiger partial charge in [0.2, 0.25) is 15.9 Å². The van der Waals surface area contributed by atoms with E-state index in [1.807, 2.05) is 30.3 Å². The summed E-state index contributed by atoms with van der Waals surface area (Å²) in [4.78, 5) is 8.53. The minimum Gasteiger partial charge on any atom is -0.376 e. The topological polar surface area (TPSA) is 98.4 Å². The Morgan fingerprint density at radius 1 is 1.17 bits per heavy atom. The van der Waals surface area contributed by atoms with Gasteiger partial charge in [-0.25, -0.2) is 8.42 Å². The highest BCUT2D eigenvalue weighted by Gasteiger charge is 2.35. The first-order valence-corrected chi connectivity index (χ1v) is 10.9. The lowest BCUT2D eigenvalue weighted by Gasteiger charge is -2.15. The first-order chi connectivity index (χ1) is 14.1. The minimum atomic E-state index is -3.56. The molecule has 1 aliphatic heterocycles. The van der Waals surface area contributed by atoms with Gasteiger partial charge in [-0.3, -0.25) is 4.98 Å². The summed E-state index contributed by atoms with van der Waals surface area (Å²) in [6.07, 6.45) is 4.10. The van der Waals surface area contributed by atoms with Crippen molar-refractivity contribution in [2.75, 3.05) is 19.7 Å². The fourth-order valence-electron chi connectivity index (χ4n) is 3.26. The number of nitrogens with zero attached hydrogens (tertiary/aromatic N) is 4. The third-order valence-corrected chi connectivity index (χ3v) is 6.69. The van der Waals surface area contributed by atoms with Crippen LogP contribution < -0.4 is 0 Å². The van der Waals surface area contributed by atoms with Crippen molar-refractivity contribution in [3.05, 3.63) is 72.1 Å². The highest BCUT2D eigenvalue weighted by molar-refractivity contribution is 7.89. The maximum absolute atomic E-state index is 12.7. The molecule has 8 nitrogen and oxygen atoms in total. The summed E-state index contributed by atoms with van der Waals surface area (Å²) in [7, 11) is -3.56. The molecule has 0 bridgehead atoms. The SMILES string of the molecule is O=S(=O)(c1cccnc1)N1CCC(c2nc(CCOCc3ccccc3)no2)C1. The van der Waals surface area contributed by atoms with Crippen LogP contribution in [0.4, 0.5) is 0 Å². The summed E-state index contributed by atoms with van der Waals surface area (Å²) in [5.41, 5.74) is 1.11. The van der Waals surface area contributed by atoms with Gasteiger partial charge in [0.05, 0.1) is 19.1 Å². The smallest absolute Gasteiger partial charge is 0.244 e. The van der Waals surface area contributed by atoms with Crippen molar-refractivity contribution in [3.63, 3.8) is 0 Å². The van der Waals surface area contributed by atoms with E-state index in [4.69, 9.17) is 9.26 Å². The molecule has 0 N–H and O–H groups in total. The standard InChI is InChI=1S/C20H22N4O4S/c25-29(26,18-7-4-10-21-13-18)24-11-8-17(14-24)20-22-19(23-28-20)9-12-27-15-16-5-2-1-3-6-16/h1-7,10,13,17H,8-9,11-12,14-15H2. The molecule has 2 aromatic heterocycles. The molecule has 0 aliphatic carbocycles. The van der Waals surface area contributed by atoms with Gasteiger partial charge in [0.15, 0.2) is 5.82 Å². The number of rotatable bonds is 8. The molecule has 152 valence electrons. The molecule has 0 spiro atoms. The zero-order chi connectivity index (χ0) is 20.1. The zero-order valence-electron chi connectivity index (χ0n) is 15.8. The predicted octanol–water partition coefficient (Wildman–Crippen LogP) is 2.40. The lowest BCUT2D eigenvalue weighted by Crippen LogP contribution is -2.28. The average Bonchev–Trinajstić information content (AvgIpc) is 3.43. The average molecular weight is 414 g/mol. The molecule has 1 saturated heterocycles. The number of hydrogen-bond acceptors (Lipinski definition) is 7. The van der Waals surface area contributed by atoms with Gasteiger partial charge in [-0.05, 0) is 24.1 Å². The van der Waals surface area contributed by atoms with Crippen LogP contribution in [0.1, 0.15) is 29.6 Å². The molecular formula is C20H22N4O4S. The van der Waals surface area contributed by atoms with Gasteiger partial charge in [-0.1, -0.05) is 35.5 Å². The fraction of sp³-hybridized carbons (Fsp3) is 0.350. The van der Waals surface area contributed by atoms with Crippen LogP contribution in [0.5, 0.6) is 0 Å². The Labute approximate surface area is 169 Å². The maximum atomic E-state index is 12.7. The summed E-state index contributed by atoms with van der Waals surface area (Å²) in [5, 5.41) is 4.01. The molecule has 1 aromatic carbocycles. The molecule has 3 heterocycles. The Morgan fingerprint density at radius 2 is 2.03 bits per heavy atom. The van der Waals surface area contributed by atoms with E-state index >= 15 is 0 Å². The van der Waals surface area contributed by atoms with Gasteiger partial charge in [0.25, 0.3) is 0 Å². The highest BCUT2D eigenvalue weighted by atomic mass is 32.2. The van der Waals surface area contributed by atoms with Crippen LogP contribution in [0.25, 0.3) is 0 Å². The summed E-state index contributed by atoms with van der Waals surface area (Å²) in [5.74, 6) is 0.946. The number of hydrogen-bond donors (Lipinski definition) is 0. The molecule has 1 aliphatic rings. The molecule has 1 fully saturated rings. The number of aromatic nitrogens is 3. The molecule has 29 heavy (non-hydrogen) atoms. The van der Waals surface area contributed by atoms with E-state index < -0.39 is 10.0 Å². The van der Waals surface area contributed by atoms with Gasteiger partial charge in [0, 0.05) is 31.9 Å². The van der Waals surface area contributed by atoms with Crippen molar-refractivity contribution in [2.45, 2.75) is 30.3 Å². The molecule has 4 rings (SSSR count). The molecule has 9 heteroatoms. The molecular weight excluding hydrogens is 392 g/mol. The first kappa shape index (κ1) is 19.7. The van der Waals surface area contributed by atoms with Crippen LogP contribution in [0, 0.1) is 0 Å². The summed E-state index contributed by atoms with van der Waals surface area (Å²) in [6.45, 7) is 1.76. The van der Waals surface area contributed by atoms with E-state index in [1.165, 1.54) is 10.5 Å². The second-order valence-corrected chi connectivity index (χ2v) is 8.81. The second kappa shape index (κ2) is 8.81. The van der Waals surface area contributed by atoms with Gasteiger partial charge in [-0.15, -0.1) is 0 Å². The van der Waals surface area contributed by atoms with E-state index in [0.717, 1.165) is 5.56 Å². The van der Waals surface area contributed by atoms with Crippen molar-refractivity contribution in [1.29, 1.82) is 0 Å². The van der Waals surface area contributed by atoms with Gasteiger partial charge in [-0.2, -0.15) is 9.29 Å².